The lowest BCUT2D eigenvalue weighted by atomic mass is 9.95. The third kappa shape index (κ3) is 4.90. The van der Waals surface area contributed by atoms with Gasteiger partial charge in [0.25, 0.3) is 11.7 Å². The Bertz CT molecular complexity index is 964. The zero-order chi connectivity index (χ0) is 22.4. The van der Waals surface area contributed by atoms with Crippen LogP contribution in [0.5, 0.6) is 11.5 Å². The van der Waals surface area contributed by atoms with Crippen molar-refractivity contribution in [3.8, 4) is 11.5 Å². The molecule has 2 aromatic rings. The predicted molar refractivity (Wildman–Crippen MR) is 119 cm³/mol. The van der Waals surface area contributed by atoms with E-state index in [1.165, 1.54) is 17.0 Å². The topological polar surface area (TPSA) is 87.1 Å². The minimum atomic E-state index is -0.750. The number of aliphatic hydroxyl groups is 1. The molecular formula is C25H29NO5. The molecule has 1 aliphatic heterocycles. The van der Waals surface area contributed by atoms with Gasteiger partial charge in [0.2, 0.25) is 0 Å². The summed E-state index contributed by atoms with van der Waals surface area (Å²) in [4.78, 5) is 27.3. The van der Waals surface area contributed by atoms with Crippen LogP contribution in [0.2, 0.25) is 0 Å². The third-order valence-electron chi connectivity index (χ3n) is 5.33. The molecule has 3 rings (SSSR count). The van der Waals surface area contributed by atoms with Gasteiger partial charge in [-0.1, -0.05) is 38.8 Å². The zero-order valence-electron chi connectivity index (χ0n) is 18.0. The first-order valence-electron chi connectivity index (χ1n) is 10.8. The number of ether oxygens (including phenoxy) is 1. The lowest BCUT2D eigenvalue weighted by Crippen LogP contribution is -2.30. The number of aromatic hydroxyl groups is 1. The van der Waals surface area contributed by atoms with E-state index in [1.807, 2.05) is 6.92 Å². The van der Waals surface area contributed by atoms with E-state index >= 15 is 0 Å². The Kier molecular flexibility index (Phi) is 7.34. The minimum absolute atomic E-state index is 0.0362. The lowest BCUT2D eigenvalue weighted by Gasteiger charge is -2.25. The first kappa shape index (κ1) is 22.4. The van der Waals surface area contributed by atoms with Gasteiger partial charge in [-0.25, -0.2) is 0 Å². The van der Waals surface area contributed by atoms with Crippen LogP contribution in [0.3, 0.4) is 0 Å². The van der Waals surface area contributed by atoms with Crippen molar-refractivity contribution in [1.82, 2.24) is 4.90 Å². The van der Waals surface area contributed by atoms with Crippen LogP contribution in [0.25, 0.3) is 5.76 Å². The second kappa shape index (κ2) is 10.2. The molecule has 0 aliphatic carbocycles. The lowest BCUT2D eigenvalue weighted by molar-refractivity contribution is -0.139. The summed E-state index contributed by atoms with van der Waals surface area (Å²) < 4.78 is 5.57. The van der Waals surface area contributed by atoms with Crippen molar-refractivity contribution >= 4 is 17.4 Å². The maximum absolute atomic E-state index is 12.9. The predicted octanol–water partition coefficient (Wildman–Crippen LogP) is 4.79. The van der Waals surface area contributed by atoms with Gasteiger partial charge in [0, 0.05) is 12.1 Å². The number of likely N-dealkylation sites (tertiary alicyclic amines) is 1. The van der Waals surface area contributed by atoms with Gasteiger partial charge in [-0.3, -0.25) is 9.59 Å². The maximum Gasteiger partial charge on any atom is 0.295 e. The average molecular weight is 424 g/mol. The van der Waals surface area contributed by atoms with Gasteiger partial charge < -0.3 is 19.8 Å². The third-order valence-corrected chi connectivity index (χ3v) is 5.33. The Morgan fingerprint density at radius 2 is 1.77 bits per heavy atom. The van der Waals surface area contributed by atoms with Crippen molar-refractivity contribution in [3.05, 3.63) is 65.2 Å². The van der Waals surface area contributed by atoms with Crippen LogP contribution in [-0.4, -0.2) is 40.0 Å². The van der Waals surface area contributed by atoms with Crippen LogP contribution in [0, 0.1) is 0 Å². The Morgan fingerprint density at radius 3 is 2.42 bits per heavy atom. The first-order chi connectivity index (χ1) is 15.0. The summed E-state index contributed by atoms with van der Waals surface area (Å²) in [6, 6.07) is 12.5. The molecule has 164 valence electrons. The molecule has 1 fully saturated rings. The normalized spacial score (nSPS) is 17.9. The van der Waals surface area contributed by atoms with E-state index in [2.05, 4.69) is 6.92 Å². The fourth-order valence-electron chi connectivity index (χ4n) is 3.77. The van der Waals surface area contributed by atoms with E-state index in [0.29, 0.717) is 30.0 Å². The van der Waals surface area contributed by atoms with Crippen molar-refractivity contribution in [1.29, 1.82) is 0 Å². The molecular weight excluding hydrogens is 394 g/mol. The molecule has 6 heteroatoms. The Balaban J connectivity index is 2.04. The highest BCUT2D eigenvalue weighted by Gasteiger charge is 2.45. The molecule has 0 aromatic heterocycles. The van der Waals surface area contributed by atoms with Crippen molar-refractivity contribution in [3.63, 3.8) is 0 Å². The second-order valence-corrected chi connectivity index (χ2v) is 7.67. The number of phenolic OH excluding ortho intramolecular Hbond substituents is 1. The van der Waals surface area contributed by atoms with Gasteiger partial charge in [0.05, 0.1) is 18.2 Å². The highest BCUT2D eigenvalue weighted by atomic mass is 16.5. The minimum Gasteiger partial charge on any atom is -0.508 e. The molecule has 1 amide bonds. The second-order valence-electron chi connectivity index (χ2n) is 7.67. The highest BCUT2D eigenvalue weighted by molar-refractivity contribution is 6.46. The molecule has 1 atom stereocenters. The molecule has 0 bridgehead atoms. The maximum atomic E-state index is 12.9. The van der Waals surface area contributed by atoms with Gasteiger partial charge in [-0.2, -0.15) is 0 Å². The number of carbonyl (C=O) groups is 2. The smallest absolute Gasteiger partial charge is 0.295 e. The van der Waals surface area contributed by atoms with Crippen molar-refractivity contribution in [2.45, 2.75) is 45.6 Å². The molecule has 6 nitrogen and oxygen atoms in total. The van der Waals surface area contributed by atoms with Gasteiger partial charge in [-0.05, 0) is 54.8 Å². The van der Waals surface area contributed by atoms with Crippen molar-refractivity contribution < 1.29 is 24.5 Å². The van der Waals surface area contributed by atoms with Gasteiger partial charge in [0.1, 0.15) is 17.3 Å². The number of ketones is 1. The number of hydrogen-bond donors (Lipinski definition) is 2. The summed E-state index contributed by atoms with van der Waals surface area (Å²) in [5.41, 5.74) is 1.05. The molecule has 2 N–H and O–H groups in total. The number of hydrogen-bond acceptors (Lipinski definition) is 5. The van der Waals surface area contributed by atoms with E-state index in [1.54, 1.807) is 36.4 Å². The molecule has 0 saturated carbocycles. The molecule has 31 heavy (non-hydrogen) atoms. The van der Waals surface area contributed by atoms with E-state index < -0.39 is 17.7 Å². The average Bonchev–Trinajstić information content (AvgIpc) is 3.03. The van der Waals surface area contributed by atoms with E-state index in [9.17, 15) is 19.8 Å². The Morgan fingerprint density at radius 1 is 1.03 bits per heavy atom. The Labute approximate surface area is 182 Å². The first-order valence-corrected chi connectivity index (χ1v) is 10.8. The number of aliphatic hydroxyl groups excluding tert-OH is 1. The standard InChI is InChI=1S/C25H29NO5/c1-3-5-6-14-26-22(18-8-7-9-19(27)16-18)21(24(29)25(26)30)23(28)17-10-12-20(13-11-17)31-15-4-2/h7-13,16,22,27-28H,3-6,14-15H2,1-2H3/b23-21-. The quantitative estimate of drug-likeness (QED) is 0.262. The summed E-state index contributed by atoms with van der Waals surface area (Å²) in [6.07, 6.45) is 3.54. The Hall–Kier alpha value is -3.28. The number of unbranched alkanes of at least 4 members (excludes halogenated alkanes) is 2. The number of rotatable bonds is 9. The van der Waals surface area contributed by atoms with E-state index in [4.69, 9.17) is 4.74 Å². The molecule has 1 aliphatic rings. The van der Waals surface area contributed by atoms with Gasteiger partial charge in [-0.15, -0.1) is 0 Å². The fraction of sp³-hybridized carbons (Fsp3) is 0.360. The summed E-state index contributed by atoms with van der Waals surface area (Å²) in [5.74, 6) is -0.869. The van der Waals surface area contributed by atoms with Gasteiger partial charge >= 0.3 is 0 Å². The number of benzene rings is 2. The van der Waals surface area contributed by atoms with Crippen LogP contribution in [0.4, 0.5) is 0 Å². The van der Waals surface area contributed by atoms with E-state index in [0.717, 1.165) is 25.7 Å². The number of carbonyl (C=O) groups excluding carboxylic acids is 2. The van der Waals surface area contributed by atoms with Crippen LogP contribution < -0.4 is 4.74 Å². The molecule has 0 spiro atoms. The number of Topliss-reactive ketones (excluding diaryl/α,β-unsaturated/α-hetero) is 1. The van der Waals surface area contributed by atoms with Crippen LogP contribution >= 0.6 is 0 Å². The highest BCUT2D eigenvalue weighted by Crippen LogP contribution is 2.40. The largest absolute Gasteiger partial charge is 0.508 e. The molecule has 1 heterocycles. The number of nitrogens with zero attached hydrogens (tertiary/aromatic N) is 1. The molecule has 1 unspecified atom stereocenters. The monoisotopic (exact) mass is 423 g/mol. The molecule has 2 aromatic carbocycles. The SMILES string of the molecule is CCCCCN1C(=O)C(=O)/C(=C(\O)c2ccc(OCCC)cc2)C1c1cccc(O)c1. The van der Waals surface area contributed by atoms with Crippen LogP contribution in [0.15, 0.2) is 54.1 Å². The summed E-state index contributed by atoms with van der Waals surface area (Å²) in [6.45, 7) is 5.07. The summed E-state index contributed by atoms with van der Waals surface area (Å²) in [7, 11) is 0. The fourth-order valence-corrected chi connectivity index (χ4v) is 3.77. The molecule has 1 saturated heterocycles. The number of amides is 1. The van der Waals surface area contributed by atoms with E-state index in [-0.39, 0.29) is 17.1 Å². The van der Waals surface area contributed by atoms with Crippen molar-refractivity contribution in [2.75, 3.05) is 13.2 Å². The summed E-state index contributed by atoms with van der Waals surface area (Å²) >= 11 is 0. The van der Waals surface area contributed by atoms with Gasteiger partial charge in [0.15, 0.2) is 0 Å². The van der Waals surface area contributed by atoms with Crippen LogP contribution in [0.1, 0.15) is 56.7 Å². The van der Waals surface area contributed by atoms with Crippen molar-refractivity contribution in [2.24, 2.45) is 0 Å². The van der Waals surface area contributed by atoms with Crippen LogP contribution in [-0.2, 0) is 9.59 Å². The zero-order valence-corrected chi connectivity index (χ0v) is 18.0. The molecule has 0 radical (unpaired) electrons. The number of phenols is 1. The summed E-state index contributed by atoms with van der Waals surface area (Å²) in [5, 5.41) is 21.0.